The van der Waals surface area contributed by atoms with Crippen molar-refractivity contribution in [3.8, 4) is 0 Å². The molecule has 0 N–H and O–H groups in total. The Balaban J connectivity index is 1.70. The summed E-state index contributed by atoms with van der Waals surface area (Å²) in [6.07, 6.45) is 2.35. The molecule has 108 valence electrons. The summed E-state index contributed by atoms with van der Waals surface area (Å²) in [5.74, 6) is 1.23. The van der Waals surface area contributed by atoms with Crippen LogP contribution in [0.1, 0.15) is 38.4 Å². The number of amides is 3. The fourth-order valence-electron chi connectivity index (χ4n) is 2.76. The van der Waals surface area contributed by atoms with E-state index in [1.54, 1.807) is 4.90 Å². The van der Waals surface area contributed by atoms with E-state index in [0.29, 0.717) is 30.6 Å². The van der Waals surface area contributed by atoms with Gasteiger partial charge in [-0.1, -0.05) is 19.0 Å². The molecule has 1 aromatic heterocycles. The largest absolute Gasteiger partial charge is 0.339 e. The Bertz CT molecular complexity index is 517. The Morgan fingerprint density at radius 3 is 2.90 bits per heavy atom. The number of hydrogen-bond donors (Lipinski definition) is 0. The highest BCUT2D eigenvalue weighted by atomic mass is 16.5. The zero-order valence-corrected chi connectivity index (χ0v) is 11.7. The van der Waals surface area contributed by atoms with Crippen LogP contribution in [-0.2, 0) is 17.8 Å². The van der Waals surface area contributed by atoms with Crippen molar-refractivity contribution < 1.29 is 14.1 Å². The molecule has 2 aliphatic rings. The number of urea groups is 1. The fourth-order valence-corrected chi connectivity index (χ4v) is 2.76. The van der Waals surface area contributed by atoms with Crippen LogP contribution in [0.4, 0.5) is 4.79 Å². The number of hydrogen-bond acceptors (Lipinski definition) is 5. The topological polar surface area (TPSA) is 79.5 Å². The van der Waals surface area contributed by atoms with Crippen LogP contribution in [0.2, 0.25) is 0 Å². The molecule has 0 spiro atoms. The number of carbonyl (C=O) groups excluding carboxylic acids is 2. The van der Waals surface area contributed by atoms with Crippen LogP contribution in [-0.4, -0.2) is 44.5 Å². The Kier molecular flexibility index (Phi) is 3.19. The minimum Gasteiger partial charge on any atom is -0.339 e. The van der Waals surface area contributed by atoms with E-state index in [2.05, 4.69) is 24.0 Å². The maximum Gasteiger partial charge on any atom is 0.327 e. The number of aromatic nitrogens is 2. The SMILES string of the molecule is CC(C)Cc1nc(CN2C(=O)[C@@H]3CCCN3C2=O)no1. The second kappa shape index (κ2) is 4.88. The fraction of sp³-hybridized carbons (Fsp3) is 0.692. The monoisotopic (exact) mass is 278 g/mol. The average molecular weight is 278 g/mol. The van der Waals surface area contributed by atoms with Crippen LogP contribution in [0.3, 0.4) is 0 Å². The number of carbonyl (C=O) groups is 2. The Hall–Kier alpha value is -1.92. The molecule has 7 nitrogen and oxygen atoms in total. The van der Waals surface area contributed by atoms with Gasteiger partial charge in [0.1, 0.15) is 6.04 Å². The highest BCUT2D eigenvalue weighted by Crippen LogP contribution is 2.28. The summed E-state index contributed by atoms with van der Waals surface area (Å²) in [6.45, 7) is 4.89. The first-order valence-electron chi connectivity index (χ1n) is 6.99. The molecular formula is C13H18N4O3. The quantitative estimate of drug-likeness (QED) is 0.773. The van der Waals surface area contributed by atoms with Crippen molar-refractivity contribution in [3.05, 3.63) is 11.7 Å². The van der Waals surface area contributed by atoms with Crippen LogP contribution in [0.15, 0.2) is 4.52 Å². The smallest absolute Gasteiger partial charge is 0.327 e. The first-order chi connectivity index (χ1) is 9.56. The zero-order valence-electron chi connectivity index (χ0n) is 11.7. The highest BCUT2D eigenvalue weighted by molar-refractivity contribution is 6.04. The summed E-state index contributed by atoms with van der Waals surface area (Å²) in [5, 5.41) is 3.84. The van der Waals surface area contributed by atoms with Gasteiger partial charge in [0.15, 0.2) is 5.82 Å². The molecule has 0 unspecified atom stereocenters. The minimum atomic E-state index is -0.274. The third-order valence-corrected chi connectivity index (χ3v) is 3.67. The van der Waals surface area contributed by atoms with E-state index in [1.807, 2.05) is 0 Å². The molecule has 2 aliphatic heterocycles. The molecule has 3 amide bonds. The van der Waals surface area contributed by atoms with Crippen molar-refractivity contribution in [1.82, 2.24) is 19.9 Å². The van der Waals surface area contributed by atoms with Crippen LogP contribution >= 0.6 is 0 Å². The predicted molar refractivity (Wildman–Crippen MR) is 68.5 cm³/mol. The molecule has 2 fully saturated rings. The highest BCUT2D eigenvalue weighted by Gasteiger charge is 2.47. The lowest BCUT2D eigenvalue weighted by molar-refractivity contribution is -0.128. The second-order valence-electron chi connectivity index (χ2n) is 5.76. The molecule has 0 aliphatic carbocycles. The molecule has 0 bridgehead atoms. The Morgan fingerprint density at radius 2 is 2.20 bits per heavy atom. The van der Waals surface area contributed by atoms with Crippen LogP contribution in [0.25, 0.3) is 0 Å². The second-order valence-corrected chi connectivity index (χ2v) is 5.76. The molecule has 0 aromatic carbocycles. The third-order valence-electron chi connectivity index (χ3n) is 3.67. The Labute approximate surface area is 116 Å². The molecule has 3 rings (SSSR count). The predicted octanol–water partition coefficient (Wildman–Crippen LogP) is 1.19. The number of nitrogens with zero attached hydrogens (tertiary/aromatic N) is 4. The average Bonchev–Trinajstić information content (AvgIpc) is 3.06. The summed E-state index contributed by atoms with van der Waals surface area (Å²) in [5.41, 5.74) is 0. The molecule has 1 aromatic rings. The molecule has 3 heterocycles. The number of rotatable bonds is 4. The van der Waals surface area contributed by atoms with Crippen molar-refractivity contribution in [2.24, 2.45) is 5.92 Å². The van der Waals surface area contributed by atoms with Gasteiger partial charge in [-0.2, -0.15) is 4.98 Å². The van der Waals surface area contributed by atoms with Crippen molar-refractivity contribution >= 4 is 11.9 Å². The molecule has 20 heavy (non-hydrogen) atoms. The normalized spacial score (nSPS) is 22.2. The van der Waals surface area contributed by atoms with E-state index >= 15 is 0 Å². The van der Waals surface area contributed by atoms with Crippen LogP contribution in [0, 0.1) is 5.92 Å². The first kappa shape index (κ1) is 13.1. The summed E-state index contributed by atoms with van der Waals surface area (Å²) >= 11 is 0. The maximum absolute atomic E-state index is 12.2. The summed E-state index contributed by atoms with van der Waals surface area (Å²) in [6, 6.07) is -0.503. The number of fused-ring (bicyclic) bond motifs is 1. The van der Waals surface area contributed by atoms with E-state index in [9.17, 15) is 9.59 Å². The van der Waals surface area contributed by atoms with E-state index in [4.69, 9.17) is 4.52 Å². The van der Waals surface area contributed by atoms with Gasteiger partial charge in [-0.3, -0.25) is 9.69 Å². The van der Waals surface area contributed by atoms with Gasteiger partial charge in [-0.25, -0.2) is 4.79 Å². The van der Waals surface area contributed by atoms with Crippen LogP contribution in [0.5, 0.6) is 0 Å². The molecule has 0 radical (unpaired) electrons. The Morgan fingerprint density at radius 1 is 1.40 bits per heavy atom. The van der Waals surface area contributed by atoms with Crippen molar-refractivity contribution in [2.75, 3.05) is 6.54 Å². The van der Waals surface area contributed by atoms with E-state index < -0.39 is 0 Å². The van der Waals surface area contributed by atoms with Gasteiger partial charge < -0.3 is 9.42 Å². The maximum atomic E-state index is 12.2. The van der Waals surface area contributed by atoms with Gasteiger partial charge in [-0.05, 0) is 18.8 Å². The van der Waals surface area contributed by atoms with Crippen molar-refractivity contribution in [3.63, 3.8) is 0 Å². The standard InChI is InChI=1S/C13H18N4O3/c1-8(2)6-11-14-10(15-20-11)7-17-12(18)9-4-3-5-16(9)13(17)19/h8-9H,3-7H2,1-2H3/t9-/m0/s1. The molecule has 0 saturated carbocycles. The van der Waals surface area contributed by atoms with Crippen molar-refractivity contribution in [1.29, 1.82) is 0 Å². The van der Waals surface area contributed by atoms with Gasteiger partial charge in [0, 0.05) is 13.0 Å². The van der Waals surface area contributed by atoms with E-state index in [1.165, 1.54) is 4.90 Å². The van der Waals surface area contributed by atoms with Gasteiger partial charge in [0.2, 0.25) is 5.89 Å². The zero-order chi connectivity index (χ0) is 14.3. The lowest BCUT2D eigenvalue weighted by Crippen LogP contribution is -2.33. The van der Waals surface area contributed by atoms with Gasteiger partial charge in [-0.15, -0.1) is 0 Å². The first-order valence-corrected chi connectivity index (χ1v) is 6.99. The van der Waals surface area contributed by atoms with Gasteiger partial charge in [0.25, 0.3) is 5.91 Å². The molecule has 2 saturated heterocycles. The molecule has 7 heteroatoms. The summed E-state index contributed by atoms with van der Waals surface area (Å²) in [7, 11) is 0. The van der Waals surface area contributed by atoms with Crippen LogP contribution < -0.4 is 0 Å². The lowest BCUT2D eigenvalue weighted by atomic mass is 10.1. The van der Waals surface area contributed by atoms with Gasteiger partial charge >= 0.3 is 6.03 Å². The van der Waals surface area contributed by atoms with Crippen molar-refractivity contribution in [2.45, 2.75) is 45.7 Å². The third kappa shape index (κ3) is 2.17. The summed E-state index contributed by atoms with van der Waals surface area (Å²) in [4.78, 5) is 31.4. The van der Waals surface area contributed by atoms with Gasteiger partial charge in [0.05, 0.1) is 6.54 Å². The minimum absolute atomic E-state index is 0.103. The number of imide groups is 1. The molecular weight excluding hydrogens is 260 g/mol. The summed E-state index contributed by atoms with van der Waals surface area (Å²) < 4.78 is 5.13. The lowest BCUT2D eigenvalue weighted by Gasteiger charge is -2.13. The molecule has 1 atom stereocenters. The van der Waals surface area contributed by atoms with E-state index in [-0.39, 0.29) is 24.5 Å². The van der Waals surface area contributed by atoms with E-state index in [0.717, 1.165) is 12.8 Å².